The second kappa shape index (κ2) is 11.6. The van der Waals surface area contributed by atoms with E-state index in [1.165, 1.54) is 5.56 Å². The number of nitrogens with zero attached hydrogens (tertiary/aromatic N) is 2. The molecule has 0 atom stereocenters. The number of aliphatic imine (C=N–C) groups is 1. The maximum absolute atomic E-state index is 11.9. The predicted octanol–water partition coefficient (Wildman–Crippen LogP) is 2.70. The molecule has 0 saturated carbocycles. The fourth-order valence-electron chi connectivity index (χ4n) is 2.00. The van der Waals surface area contributed by atoms with Gasteiger partial charge in [-0.15, -0.1) is 24.0 Å². The highest BCUT2D eigenvalue weighted by atomic mass is 127. The Morgan fingerprint density at radius 2 is 1.96 bits per heavy atom. The Morgan fingerprint density at radius 1 is 1.20 bits per heavy atom. The van der Waals surface area contributed by atoms with E-state index >= 15 is 0 Å². The number of guanidine groups is 1. The quantitative estimate of drug-likeness (QED) is 0.342. The van der Waals surface area contributed by atoms with Gasteiger partial charge in [0.05, 0.1) is 18.4 Å². The van der Waals surface area contributed by atoms with Crippen LogP contribution in [0, 0.1) is 0 Å². The molecule has 1 aromatic heterocycles. The number of hydrogen-bond donors (Lipinski definition) is 3. The third-order valence-corrected chi connectivity index (χ3v) is 3.46. The van der Waals surface area contributed by atoms with Gasteiger partial charge in [0.2, 0.25) is 5.91 Å². The fraction of sp³-hybridized carbons (Fsp3) is 0.235. The summed E-state index contributed by atoms with van der Waals surface area (Å²) in [6.07, 6.45) is 4.08. The fourth-order valence-corrected chi connectivity index (χ4v) is 2.13. The average molecular weight is 474 g/mol. The summed E-state index contributed by atoms with van der Waals surface area (Å²) < 4.78 is 0. The molecule has 8 heteroatoms. The zero-order chi connectivity index (χ0) is 17.2. The standard InChI is InChI=1S/C17H20ClN5O.HI/c1-19-17(21-10-8-13-4-6-14(18)7-5-13)22-12-16(24)23-15-3-2-9-20-11-15;/h2-7,9,11H,8,10,12H2,1H3,(H,23,24)(H2,19,21,22);1H. The number of halogens is 2. The van der Waals surface area contributed by atoms with Crippen molar-refractivity contribution in [2.24, 2.45) is 4.99 Å². The van der Waals surface area contributed by atoms with Crippen LogP contribution < -0.4 is 16.0 Å². The van der Waals surface area contributed by atoms with Crippen LogP contribution in [0.1, 0.15) is 5.56 Å². The molecule has 0 unspecified atom stereocenters. The van der Waals surface area contributed by atoms with Gasteiger partial charge in [-0.05, 0) is 36.2 Å². The Balaban J connectivity index is 0.00000312. The molecule has 1 heterocycles. The highest BCUT2D eigenvalue weighted by molar-refractivity contribution is 14.0. The molecule has 2 rings (SSSR count). The summed E-state index contributed by atoms with van der Waals surface area (Å²) in [6, 6.07) is 11.3. The first-order valence-electron chi connectivity index (χ1n) is 7.56. The number of aromatic nitrogens is 1. The minimum absolute atomic E-state index is 0. The Bertz CT molecular complexity index is 679. The summed E-state index contributed by atoms with van der Waals surface area (Å²) in [5.74, 6) is 0.411. The largest absolute Gasteiger partial charge is 0.356 e. The molecule has 134 valence electrons. The second-order valence-corrected chi connectivity index (χ2v) is 5.46. The molecule has 0 bridgehead atoms. The van der Waals surface area contributed by atoms with E-state index < -0.39 is 0 Å². The van der Waals surface area contributed by atoms with Gasteiger partial charge in [0.15, 0.2) is 5.96 Å². The molecule has 2 aromatic rings. The SMILES string of the molecule is CN=C(NCCc1ccc(Cl)cc1)NCC(=O)Nc1cccnc1.I. The summed E-state index contributed by atoms with van der Waals surface area (Å²) in [5.41, 5.74) is 1.84. The first-order chi connectivity index (χ1) is 11.7. The molecule has 1 amide bonds. The maximum atomic E-state index is 11.9. The van der Waals surface area contributed by atoms with E-state index in [0.29, 0.717) is 18.2 Å². The van der Waals surface area contributed by atoms with Crippen molar-refractivity contribution in [3.63, 3.8) is 0 Å². The Labute approximate surface area is 169 Å². The smallest absolute Gasteiger partial charge is 0.243 e. The van der Waals surface area contributed by atoms with Crippen molar-refractivity contribution in [1.29, 1.82) is 0 Å². The second-order valence-electron chi connectivity index (χ2n) is 5.02. The number of pyridine rings is 1. The Morgan fingerprint density at radius 3 is 2.60 bits per heavy atom. The molecule has 0 aliphatic heterocycles. The zero-order valence-corrected chi connectivity index (χ0v) is 16.9. The predicted molar refractivity (Wildman–Crippen MR) is 113 cm³/mol. The lowest BCUT2D eigenvalue weighted by atomic mass is 10.1. The van der Waals surface area contributed by atoms with E-state index in [9.17, 15) is 4.79 Å². The van der Waals surface area contributed by atoms with Crippen molar-refractivity contribution in [1.82, 2.24) is 15.6 Å². The van der Waals surface area contributed by atoms with Crippen LogP contribution in [-0.4, -0.2) is 37.0 Å². The van der Waals surface area contributed by atoms with Gasteiger partial charge < -0.3 is 16.0 Å². The Hall–Kier alpha value is -1.87. The Kier molecular flexibility index (Phi) is 9.86. The van der Waals surface area contributed by atoms with Crippen molar-refractivity contribution in [2.45, 2.75) is 6.42 Å². The van der Waals surface area contributed by atoms with Gasteiger partial charge in [0.25, 0.3) is 0 Å². The van der Waals surface area contributed by atoms with Crippen LogP contribution in [0.5, 0.6) is 0 Å². The third kappa shape index (κ3) is 8.17. The molecule has 0 radical (unpaired) electrons. The van der Waals surface area contributed by atoms with E-state index in [2.05, 4.69) is 25.9 Å². The van der Waals surface area contributed by atoms with Crippen LogP contribution in [0.2, 0.25) is 5.02 Å². The third-order valence-electron chi connectivity index (χ3n) is 3.20. The number of hydrogen-bond acceptors (Lipinski definition) is 3. The first-order valence-corrected chi connectivity index (χ1v) is 7.94. The van der Waals surface area contributed by atoms with Crippen molar-refractivity contribution < 1.29 is 4.79 Å². The number of benzene rings is 1. The van der Waals surface area contributed by atoms with Gasteiger partial charge in [-0.1, -0.05) is 23.7 Å². The highest BCUT2D eigenvalue weighted by Crippen LogP contribution is 2.09. The molecule has 6 nitrogen and oxygen atoms in total. The van der Waals surface area contributed by atoms with Crippen molar-refractivity contribution >= 4 is 53.1 Å². The van der Waals surface area contributed by atoms with E-state index in [4.69, 9.17) is 11.6 Å². The van der Waals surface area contributed by atoms with E-state index in [0.717, 1.165) is 11.4 Å². The first kappa shape index (κ1) is 21.2. The molecule has 1 aromatic carbocycles. The molecular weight excluding hydrogens is 453 g/mol. The van der Waals surface area contributed by atoms with Gasteiger partial charge in [-0.3, -0.25) is 14.8 Å². The molecule has 0 aliphatic rings. The number of rotatable bonds is 6. The molecule has 0 fully saturated rings. The summed E-state index contributed by atoms with van der Waals surface area (Å²) in [4.78, 5) is 19.9. The lowest BCUT2D eigenvalue weighted by molar-refractivity contribution is -0.115. The topological polar surface area (TPSA) is 78.4 Å². The van der Waals surface area contributed by atoms with Crippen LogP contribution in [-0.2, 0) is 11.2 Å². The zero-order valence-electron chi connectivity index (χ0n) is 13.8. The summed E-state index contributed by atoms with van der Waals surface area (Å²) >= 11 is 5.86. The lowest BCUT2D eigenvalue weighted by Gasteiger charge is -2.12. The molecule has 0 spiro atoms. The summed E-state index contributed by atoms with van der Waals surface area (Å²) in [7, 11) is 1.66. The van der Waals surface area contributed by atoms with Gasteiger partial charge in [-0.25, -0.2) is 0 Å². The number of carbonyl (C=O) groups is 1. The van der Waals surface area contributed by atoms with E-state index in [1.807, 2.05) is 24.3 Å². The number of anilines is 1. The number of carbonyl (C=O) groups excluding carboxylic acids is 1. The van der Waals surface area contributed by atoms with E-state index in [1.54, 1.807) is 31.6 Å². The van der Waals surface area contributed by atoms with Crippen LogP contribution in [0.3, 0.4) is 0 Å². The van der Waals surface area contributed by atoms with Gasteiger partial charge in [-0.2, -0.15) is 0 Å². The highest BCUT2D eigenvalue weighted by Gasteiger charge is 2.04. The lowest BCUT2D eigenvalue weighted by Crippen LogP contribution is -2.42. The number of nitrogens with one attached hydrogen (secondary N) is 3. The monoisotopic (exact) mass is 473 g/mol. The molecular formula is C17H21ClIN5O. The molecule has 0 saturated heterocycles. The van der Waals surface area contributed by atoms with Crippen molar-refractivity contribution in [3.05, 3.63) is 59.4 Å². The minimum Gasteiger partial charge on any atom is -0.356 e. The molecule has 3 N–H and O–H groups in total. The number of amides is 1. The van der Waals surface area contributed by atoms with Gasteiger partial charge in [0, 0.05) is 24.8 Å². The summed E-state index contributed by atoms with van der Waals surface area (Å²) in [6.45, 7) is 0.820. The van der Waals surface area contributed by atoms with Crippen molar-refractivity contribution in [3.8, 4) is 0 Å². The van der Waals surface area contributed by atoms with Gasteiger partial charge >= 0.3 is 0 Å². The van der Waals surface area contributed by atoms with Crippen LogP contribution in [0.4, 0.5) is 5.69 Å². The average Bonchev–Trinajstić information content (AvgIpc) is 2.60. The van der Waals surface area contributed by atoms with Crippen LogP contribution >= 0.6 is 35.6 Å². The minimum atomic E-state index is -0.163. The molecule has 0 aliphatic carbocycles. The van der Waals surface area contributed by atoms with Crippen LogP contribution in [0.25, 0.3) is 0 Å². The van der Waals surface area contributed by atoms with E-state index in [-0.39, 0.29) is 36.4 Å². The molecule has 25 heavy (non-hydrogen) atoms. The van der Waals surface area contributed by atoms with Crippen molar-refractivity contribution in [2.75, 3.05) is 25.5 Å². The van der Waals surface area contributed by atoms with Crippen LogP contribution in [0.15, 0.2) is 53.8 Å². The maximum Gasteiger partial charge on any atom is 0.243 e. The summed E-state index contributed by atoms with van der Waals surface area (Å²) in [5, 5.41) is 9.61. The normalized spacial score (nSPS) is 10.6. The van der Waals surface area contributed by atoms with Gasteiger partial charge in [0.1, 0.15) is 0 Å².